The van der Waals surface area contributed by atoms with Crippen molar-refractivity contribution in [3.8, 4) is 11.5 Å². The van der Waals surface area contributed by atoms with Gasteiger partial charge in [0.1, 0.15) is 35.1 Å². The number of halogens is 1. The number of aliphatic hydroxyl groups is 1. The summed E-state index contributed by atoms with van der Waals surface area (Å²) < 4.78 is 26.9. The summed E-state index contributed by atoms with van der Waals surface area (Å²) in [5, 5.41) is 9.83. The Labute approximate surface area is 200 Å². The second kappa shape index (κ2) is 9.31. The molecule has 0 aliphatic carbocycles. The van der Waals surface area contributed by atoms with Gasteiger partial charge in [0.25, 0.3) is 5.56 Å². The van der Waals surface area contributed by atoms with Crippen LogP contribution in [0.5, 0.6) is 11.5 Å². The topological polar surface area (TPSA) is 90.7 Å². The molecule has 1 N–H and O–H groups in total. The van der Waals surface area contributed by atoms with Gasteiger partial charge in [0.05, 0.1) is 13.2 Å². The molecule has 0 saturated carbocycles. The van der Waals surface area contributed by atoms with E-state index in [4.69, 9.17) is 9.47 Å². The minimum absolute atomic E-state index is 0.0692. The standard InChI is InChI=1S/C27H23FN2O5/c1-16(32)22-26(34-15-18-5-3-2-4-6-18)23-24-25(35-21(14-31)13-30(24)27(22)33)19(12-29-23)11-17-7-9-20(28)10-8-17/h2-10,12,21,31H,11,13-15H2,1H3/t21-/m0/s1. The molecule has 0 unspecified atom stereocenters. The minimum Gasteiger partial charge on any atom is -0.486 e. The third-order valence-corrected chi connectivity index (χ3v) is 6.01. The van der Waals surface area contributed by atoms with Crippen molar-refractivity contribution in [2.75, 3.05) is 6.61 Å². The molecular formula is C27H23FN2O5. The van der Waals surface area contributed by atoms with E-state index in [-0.39, 0.29) is 36.9 Å². The summed E-state index contributed by atoms with van der Waals surface area (Å²) in [6.45, 7) is 1.22. The zero-order valence-corrected chi connectivity index (χ0v) is 19.0. The number of carbonyl (C=O) groups is 1. The van der Waals surface area contributed by atoms with Gasteiger partial charge in [-0.3, -0.25) is 19.1 Å². The van der Waals surface area contributed by atoms with E-state index in [1.54, 1.807) is 18.3 Å². The molecule has 1 aliphatic rings. The van der Waals surface area contributed by atoms with Crippen LogP contribution in [0.15, 0.2) is 65.6 Å². The monoisotopic (exact) mass is 474 g/mol. The maximum Gasteiger partial charge on any atom is 0.266 e. The van der Waals surface area contributed by atoms with E-state index in [0.717, 1.165) is 11.1 Å². The number of nitrogens with zero attached hydrogens (tertiary/aromatic N) is 2. The maximum atomic E-state index is 13.5. The summed E-state index contributed by atoms with van der Waals surface area (Å²) in [5.74, 6) is -0.275. The summed E-state index contributed by atoms with van der Waals surface area (Å²) >= 11 is 0. The SMILES string of the molecule is CC(=O)c1c(OCc2ccccc2)c2ncc(Cc3ccc(F)cc3)c3c2n(c1=O)C[C@@H](CO)O3. The molecular weight excluding hydrogens is 451 g/mol. The Morgan fingerprint density at radius 3 is 2.60 bits per heavy atom. The van der Waals surface area contributed by atoms with Gasteiger partial charge < -0.3 is 14.6 Å². The molecule has 0 saturated heterocycles. The van der Waals surface area contributed by atoms with Crippen LogP contribution in [0.25, 0.3) is 11.0 Å². The quantitative estimate of drug-likeness (QED) is 0.411. The fourth-order valence-corrected chi connectivity index (χ4v) is 4.33. The second-order valence-corrected chi connectivity index (χ2v) is 8.49. The first kappa shape index (κ1) is 22.7. The Hall–Kier alpha value is -4.04. The predicted octanol–water partition coefficient (Wildman–Crippen LogP) is 3.66. The van der Waals surface area contributed by atoms with Crippen molar-refractivity contribution in [2.45, 2.75) is 32.6 Å². The number of hydrogen-bond donors (Lipinski definition) is 1. The highest BCUT2D eigenvalue weighted by atomic mass is 19.1. The lowest BCUT2D eigenvalue weighted by atomic mass is 10.0. The van der Waals surface area contributed by atoms with Gasteiger partial charge in [0.15, 0.2) is 17.3 Å². The van der Waals surface area contributed by atoms with E-state index in [2.05, 4.69) is 4.98 Å². The zero-order chi connectivity index (χ0) is 24.5. The summed E-state index contributed by atoms with van der Waals surface area (Å²) in [5.41, 5.74) is 2.50. The van der Waals surface area contributed by atoms with Crippen molar-refractivity contribution >= 4 is 16.8 Å². The van der Waals surface area contributed by atoms with E-state index in [0.29, 0.717) is 28.8 Å². The van der Waals surface area contributed by atoms with Crippen LogP contribution in [0.4, 0.5) is 4.39 Å². The molecule has 35 heavy (non-hydrogen) atoms. The Morgan fingerprint density at radius 1 is 1.17 bits per heavy atom. The molecule has 7 nitrogen and oxygen atoms in total. The van der Waals surface area contributed by atoms with Crippen LogP contribution in [0.3, 0.4) is 0 Å². The first-order chi connectivity index (χ1) is 17.0. The van der Waals surface area contributed by atoms with E-state index in [9.17, 15) is 19.1 Å². The number of hydrogen-bond acceptors (Lipinski definition) is 6. The molecule has 2 aromatic heterocycles. The molecule has 1 aliphatic heterocycles. The number of aromatic nitrogens is 2. The molecule has 0 amide bonds. The van der Waals surface area contributed by atoms with Crippen molar-refractivity contribution < 1.29 is 23.8 Å². The minimum atomic E-state index is -0.673. The maximum absolute atomic E-state index is 13.5. The van der Waals surface area contributed by atoms with Crippen molar-refractivity contribution in [1.29, 1.82) is 0 Å². The average Bonchev–Trinajstić information content (AvgIpc) is 2.87. The van der Waals surface area contributed by atoms with Crippen LogP contribution < -0.4 is 15.0 Å². The third-order valence-electron chi connectivity index (χ3n) is 6.01. The Morgan fingerprint density at radius 2 is 1.91 bits per heavy atom. The third kappa shape index (κ3) is 4.28. The molecule has 4 aromatic rings. The van der Waals surface area contributed by atoms with Gasteiger partial charge in [-0.25, -0.2) is 4.39 Å². The Balaban J connectivity index is 1.69. The largest absolute Gasteiger partial charge is 0.486 e. The Kier molecular flexibility index (Phi) is 6.05. The van der Waals surface area contributed by atoms with Crippen LogP contribution in [-0.4, -0.2) is 33.2 Å². The van der Waals surface area contributed by atoms with Crippen LogP contribution in [0.2, 0.25) is 0 Å². The molecule has 0 fully saturated rings. The number of aliphatic hydroxyl groups excluding tert-OH is 1. The van der Waals surface area contributed by atoms with Gasteiger partial charge in [-0.05, 0) is 30.2 Å². The van der Waals surface area contributed by atoms with E-state index in [1.807, 2.05) is 30.3 Å². The number of carbonyl (C=O) groups excluding carboxylic acids is 1. The molecule has 5 rings (SSSR count). The molecule has 178 valence electrons. The van der Waals surface area contributed by atoms with Gasteiger partial charge in [0, 0.05) is 18.2 Å². The highest BCUT2D eigenvalue weighted by Crippen LogP contribution is 2.38. The average molecular weight is 474 g/mol. The number of benzene rings is 2. The Bertz CT molecular complexity index is 1470. The van der Waals surface area contributed by atoms with Crippen molar-refractivity contribution in [1.82, 2.24) is 9.55 Å². The summed E-state index contributed by atoms with van der Waals surface area (Å²) in [6.07, 6.45) is 1.31. The highest BCUT2D eigenvalue weighted by Gasteiger charge is 2.31. The van der Waals surface area contributed by atoms with Crippen LogP contribution in [-0.2, 0) is 19.6 Å². The number of ketones is 1. The van der Waals surface area contributed by atoms with Crippen LogP contribution >= 0.6 is 0 Å². The fourth-order valence-electron chi connectivity index (χ4n) is 4.33. The predicted molar refractivity (Wildman–Crippen MR) is 127 cm³/mol. The zero-order valence-electron chi connectivity index (χ0n) is 19.0. The van der Waals surface area contributed by atoms with Crippen LogP contribution in [0.1, 0.15) is 34.0 Å². The molecule has 2 aromatic carbocycles. The lowest BCUT2D eigenvalue weighted by Gasteiger charge is -2.29. The lowest BCUT2D eigenvalue weighted by Crippen LogP contribution is -2.39. The number of Topliss-reactive ketones (excluding diaryl/α,β-unsaturated/α-hetero) is 1. The summed E-state index contributed by atoms with van der Waals surface area (Å²) in [4.78, 5) is 30.7. The van der Waals surface area contributed by atoms with Crippen molar-refractivity contribution in [2.24, 2.45) is 0 Å². The van der Waals surface area contributed by atoms with Gasteiger partial charge in [-0.2, -0.15) is 0 Å². The molecule has 0 spiro atoms. The number of ether oxygens (including phenoxy) is 2. The van der Waals surface area contributed by atoms with E-state index >= 15 is 0 Å². The second-order valence-electron chi connectivity index (χ2n) is 8.49. The van der Waals surface area contributed by atoms with E-state index in [1.165, 1.54) is 23.6 Å². The number of rotatable bonds is 7. The first-order valence-corrected chi connectivity index (χ1v) is 11.2. The molecule has 0 bridgehead atoms. The summed E-state index contributed by atoms with van der Waals surface area (Å²) in [7, 11) is 0. The molecule has 3 heterocycles. The normalized spacial score (nSPS) is 14.5. The van der Waals surface area contributed by atoms with Crippen molar-refractivity contribution in [3.05, 3.63) is 99.2 Å². The van der Waals surface area contributed by atoms with E-state index < -0.39 is 17.4 Å². The molecule has 8 heteroatoms. The summed E-state index contributed by atoms with van der Waals surface area (Å²) in [6, 6.07) is 15.5. The first-order valence-electron chi connectivity index (χ1n) is 11.2. The highest BCUT2D eigenvalue weighted by molar-refractivity contribution is 6.02. The fraction of sp³-hybridized carbons (Fsp3) is 0.222. The van der Waals surface area contributed by atoms with Crippen LogP contribution in [0, 0.1) is 5.82 Å². The number of pyridine rings is 2. The van der Waals surface area contributed by atoms with Gasteiger partial charge >= 0.3 is 0 Å². The van der Waals surface area contributed by atoms with Gasteiger partial charge in [0.2, 0.25) is 0 Å². The smallest absolute Gasteiger partial charge is 0.266 e. The lowest BCUT2D eigenvalue weighted by molar-refractivity contribution is 0.0925. The molecule has 0 radical (unpaired) electrons. The molecule has 1 atom stereocenters. The van der Waals surface area contributed by atoms with Crippen molar-refractivity contribution in [3.63, 3.8) is 0 Å². The van der Waals surface area contributed by atoms with Gasteiger partial charge in [-0.1, -0.05) is 42.5 Å². The van der Waals surface area contributed by atoms with Gasteiger partial charge in [-0.15, -0.1) is 0 Å².